The number of piperidine rings is 1. The molecule has 0 bridgehead atoms. The van der Waals surface area contributed by atoms with Crippen molar-refractivity contribution in [2.75, 3.05) is 26.7 Å². The Hall–Kier alpha value is -0.610. The molecule has 0 amide bonds. The lowest BCUT2D eigenvalue weighted by Crippen LogP contribution is -2.46. The minimum absolute atomic E-state index is 0.121. The third kappa shape index (κ3) is 4.62. The number of esters is 1. The Labute approximate surface area is 91.8 Å². The average molecular weight is 214 g/mol. The third-order valence-corrected chi connectivity index (χ3v) is 2.85. The van der Waals surface area contributed by atoms with E-state index < -0.39 is 0 Å². The number of ether oxygens (including phenoxy) is 1. The molecule has 1 heterocycles. The quantitative estimate of drug-likeness (QED) is 0.697. The average Bonchev–Trinajstić information content (AvgIpc) is 2.16. The maximum absolute atomic E-state index is 10.9. The highest BCUT2D eigenvalue weighted by molar-refractivity contribution is 5.69. The van der Waals surface area contributed by atoms with Crippen molar-refractivity contribution >= 4 is 5.97 Å². The van der Waals surface area contributed by atoms with Crippen LogP contribution in [0.25, 0.3) is 0 Å². The molecule has 1 rings (SSSR count). The first kappa shape index (κ1) is 12.5. The Bertz CT molecular complexity index is 199. The molecule has 0 aliphatic carbocycles. The summed E-state index contributed by atoms with van der Waals surface area (Å²) in [5.41, 5.74) is 5.94. The molecule has 2 atom stereocenters. The van der Waals surface area contributed by atoms with Gasteiger partial charge in [-0.05, 0) is 25.3 Å². The number of likely N-dealkylation sites (tertiary alicyclic amines) is 1. The van der Waals surface area contributed by atoms with Crippen molar-refractivity contribution in [3.05, 3.63) is 0 Å². The fourth-order valence-electron chi connectivity index (χ4n) is 2.24. The molecule has 0 radical (unpaired) electrons. The van der Waals surface area contributed by atoms with Gasteiger partial charge in [0.15, 0.2) is 0 Å². The molecule has 1 aliphatic rings. The van der Waals surface area contributed by atoms with Crippen molar-refractivity contribution in [1.29, 1.82) is 0 Å². The van der Waals surface area contributed by atoms with Gasteiger partial charge in [0.2, 0.25) is 0 Å². The minimum Gasteiger partial charge on any atom is -0.469 e. The third-order valence-electron chi connectivity index (χ3n) is 2.85. The zero-order valence-corrected chi connectivity index (χ0v) is 9.74. The van der Waals surface area contributed by atoms with Crippen molar-refractivity contribution in [1.82, 2.24) is 4.90 Å². The van der Waals surface area contributed by atoms with E-state index in [0.29, 0.717) is 18.4 Å². The highest BCUT2D eigenvalue weighted by Crippen LogP contribution is 2.15. The van der Waals surface area contributed by atoms with Gasteiger partial charge in [-0.2, -0.15) is 0 Å². The van der Waals surface area contributed by atoms with Gasteiger partial charge in [-0.1, -0.05) is 6.92 Å². The summed E-state index contributed by atoms with van der Waals surface area (Å²) < 4.78 is 4.60. The van der Waals surface area contributed by atoms with Crippen molar-refractivity contribution in [2.45, 2.75) is 32.2 Å². The van der Waals surface area contributed by atoms with Crippen LogP contribution in [0.4, 0.5) is 0 Å². The Balaban J connectivity index is 2.17. The zero-order chi connectivity index (χ0) is 11.3. The summed E-state index contributed by atoms with van der Waals surface area (Å²) >= 11 is 0. The van der Waals surface area contributed by atoms with Crippen LogP contribution in [0.3, 0.4) is 0 Å². The van der Waals surface area contributed by atoms with Crippen LogP contribution >= 0.6 is 0 Å². The van der Waals surface area contributed by atoms with E-state index in [1.165, 1.54) is 7.11 Å². The molecule has 15 heavy (non-hydrogen) atoms. The van der Waals surface area contributed by atoms with E-state index in [1.807, 2.05) is 0 Å². The predicted molar refractivity (Wildman–Crippen MR) is 59.4 cm³/mol. The molecule has 0 saturated carbocycles. The van der Waals surface area contributed by atoms with Crippen LogP contribution in [0.15, 0.2) is 0 Å². The lowest BCUT2D eigenvalue weighted by molar-refractivity contribution is -0.140. The van der Waals surface area contributed by atoms with Gasteiger partial charge in [0, 0.05) is 25.6 Å². The number of carbonyl (C=O) groups excluding carboxylic acids is 1. The molecule has 1 fully saturated rings. The van der Waals surface area contributed by atoms with Crippen LogP contribution in [-0.2, 0) is 9.53 Å². The fourth-order valence-corrected chi connectivity index (χ4v) is 2.24. The number of rotatable bonds is 4. The second-order valence-corrected chi connectivity index (χ2v) is 4.54. The van der Waals surface area contributed by atoms with Crippen molar-refractivity contribution in [3.63, 3.8) is 0 Å². The molecular weight excluding hydrogens is 192 g/mol. The lowest BCUT2D eigenvalue weighted by Gasteiger charge is -2.34. The van der Waals surface area contributed by atoms with Crippen LogP contribution in [0.1, 0.15) is 26.2 Å². The fraction of sp³-hybridized carbons (Fsp3) is 0.909. The summed E-state index contributed by atoms with van der Waals surface area (Å²) in [7, 11) is 1.43. The summed E-state index contributed by atoms with van der Waals surface area (Å²) in [6.45, 7) is 5.25. The van der Waals surface area contributed by atoms with E-state index in [4.69, 9.17) is 5.73 Å². The lowest BCUT2D eigenvalue weighted by atomic mass is 9.96. The van der Waals surface area contributed by atoms with Crippen LogP contribution in [0.2, 0.25) is 0 Å². The predicted octanol–water partition coefficient (Wildman–Crippen LogP) is 0.609. The highest BCUT2D eigenvalue weighted by Gasteiger charge is 2.21. The smallest absolute Gasteiger partial charge is 0.305 e. The van der Waals surface area contributed by atoms with E-state index in [9.17, 15) is 4.79 Å². The number of hydrogen-bond acceptors (Lipinski definition) is 4. The van der Waals surface area contributed by atoms with Crippen LogP contribution in [0, 0.1) is 5.92 Å². The SMILES string of the molecule is COC(=O)CCCN1CC(C)CC(N)C1. The van der Waals surface area contributed by atoms with Crippen molar-refractivity contribution < 1.29 is 9.53 Å². The normalized spacial score (nSPS) is 27.7. The van der Waals surface area contributed by atoms with Crippen LogP contribution < -0.4 is 5.73 Å². The molecule has 0 aromatic heterocycles. The van der Waals surface area contributed by atoms with E-state index >= 15 is 0 Å². The molecule has 4 nitrogen and oxygen atoms in total. The molecular formula is C11H22N2O2. The Morgan fingerprint density at radius 2 is 2.27 bits per heavy atom. The van der Waals surface area contributed by atoms with Gasteiger partial charge < -0.3 is 15.4 Å². The van der Waals surface area contributed by atoms with Gasteiger partial charge in [0.05, 0.1) is 7.11 Å². The molecule has 2 unspecified atom stereocenters. The molecule has 0 aromatic carbocycles. The molecule has 4 heteroatoms. The maximum Gasteiger partial charge on any atom is 0.305 e. The van der Waals surface area contributed by atoms with E-state index in [1.54, 1.807) is 0 Å². The van der Waals surface area contributed by atoms with E-state index in [0.717, 1.165) is 32.5 Å². The first-order valence-corrected chi connectivity index (χ1v) is 5.66. The van der Waals surface area contributed by atoms with Gasteiger partial charge in [0.1, 0.15) is 0 Å². The number of carbonyl (C=O) groups is 1. The Kier molecular flexibility index (Phi) is 5.05. The second-order valence-electron chi connectivity index (χ2n) is 4.54. The van der Waals surface area contributed by atoms with Gasteiger partial charge in [-0.15, -0.1) is 0 Å². The number of hydrogen-bond donors (Lipinski definition) is 1. The maximum atomic E-state index is 10.9. The summed E-state index contributed by atoms with van der Waals surface area (Å²) in [5, 5.41) is 0. The van der Waals surface area contributed by atoms with Crippen molar-refractivity contribution in [3.8, 4) is 0 Å². The van der Waals surface area contributed by atoms with Crippen LogP contribution in [-0.4, -0.2) is 43.7 Å². The van der Waals surface area contributed by atoms with Gasteiger partial charge in [-0.3, -0.25) is 4.79 Å². The second kappa shape index (κ2) is 6.08. The zero-order valence-electron chi connectivity index (χ0n) is 9.74. The molecule has 1 saturated heterocycles. The Morgan fingerprint density at radius 1 is 1.53 bits per heavy atom. The van der Waals surface area contributed by atoms with Gasteiger partial charge >= 0.3 is 5.97 Å². The monoisotopic (exact) mass is 214 g/mol. The summed E-state index contributed by atoms with van der Waals surface area (Å²) in [6.07, 6.45) is 2.50. The highest BCUT2D eigenvalue weighted by atomic mass is 16.5. The minimum atomic E-state index is -0.121. The van der Waals surface area contributed by atoms with E-state index in [2.05, 4.69) is 16.6 Å². The van der Waals surface area contributed by atoms with E-state index in [-0.39, 0.29) is 5.97 Å². The van der Waals surface area contributed by atoms with Crippen LogP contribution in [0.5, 0.6) is 0 Å². The summed E-state index contributed by atoms with van der Waals surface area (Å²) in [5.74, 6) is 0.552. The molecule has 88 valence electrons. The summed E-state index contributed by atoms with van der Waals surface area (Å²) in [4.78, 5) is 13.3. The number of nitrogens with two attached hydrogens (primary N) is 1. The molecule has 0 spiro atoms. The Morgan fingerprint density at radius 3 is 2.87 bits per heavy atom. The van der Waals surface area contributed by atoms with Crippen molar-refractivity contribution in [2.24, 2.45) is 11.7 Å². The first-order chi connectivity index (χ1) is 7.11. The standard InChI is InChI=1S/C11H22N2O2/c1-9-6-10(12)8-13(7-9)5-3-4-11(14)15-2/h9-10H,3-8,12H2,1-2H3. The topological polar surface area (TPSA) is 55.6 Å². The number of nitrogens with zero attached hydrogens (tertiary/aromatic N) is 1. The molecule has 2 N–H and O–H groups in total. The largest absolute Gasteiger partial charge is 0.469 e. The van der Waals surface area contributed by atoms with Gasteiger partial charge in [0.25, 0.3) is 0 Å². The summed E-state index contributed by atoms with van der Waals surface area (Å²) in [6, 6.07) is 0.298. The first-order valence-electron chi connectivity index (χ1n) is 5.66. The molecule has 0 aromatic rings. The molecule has 1 aliphatic heterocycles. The number of methoxy groups -OCH3 is 1. The van der Waals surface area contributed by atoms with Gasteiger partial charge in [-0.25, -0.2) is 0 Å².